The van der Waals surface area contributed by atoms with Gasteiger partial charge >= 0.3 is 5.97 Å². The Morgan fingerprint density at radius 3 is 2.77 bits per heavy atom. The number of fused-ring (bicyclic) bond motifs is 1. The monoisotopic (exact) mass is 313 g/mol. The van der Waals surface area contributed by atoms with Crippen LogP contribution in [0.5, 0.6) is 0 Å². The first-order valence-electron chi connectivity index (χ1n) is 6.82. The second kappa shape index (κ2) is 5.81. The van der Waals surface area contributed by atoms with Crippen LogP contribution in [-0.2, 0) is 4.79 Å². The highest BCUT2D eigenvalue weighted by Gasteiger charge is 2.14. The maximum Gasteiger partial charge on any atom is 0.313 e. The molecule has 0 saturated heterocycles. The number of aryl methyl sites for hydroxylation is 2. The number of nitrogens with zero attached hydrogens (tertiary/aromatic N) is 3. The van der Waals surface area contributed by atoms with Gasteiger partial charge in [-0.15, -0.1) is 10.2 Å². The lowest BCUT2D eigenvalue weighted by Gasteiger charge is -2.14. The summed E-state index contributed by atoms with van der Waals surface area (Å²) in [6.07, 6.45) is 1.63. The third kappa shape index (κ3) is 2.57. The minimum atomic E-state index is -0.870. The minimum Gasteiger partial charge on any atom is -0.481 e. The molecule has 2 aromatic carbocycles. The predicted molar refractivity (Wildman–Crippen MR) is 86.7 cm³/mol. The van der Waals surface area contributed by atoms with Gasteiger partial charge in [0.05, 0.1) is 11.4 Å². The zero-order valence-corrected chi connectivity index (χ0v) is 13.1. The number of hydrogen-bond donors (Lipinski definition) is 1. The molecule has 0 aliphatic rings. The molecule has 0 aliphatic heterocycles. The zero-order valence-electron chi connectivity index (χ0n) is 12.3. The Morgan fingerprint density at radius 2 is 2.00 bits per heavy atom. The standard InChI is InChI=1S/C16H15N3O2S/c1-10-4-3-5-13-12(10)7-6-11(2)15(13)19-9-17-18-16(19)22-8-14(20)21/h3-7,9H,8H2,1-2H3,(H,20,21). The van der Waals surface area contributed by atoms with Crippen LogP contribution in [0.1, 0.15) is 11.1 Å². The highest BCUT2D eigenvalue weighted by molar-refractivity contribution is 7.99. The average Bonchev–Trinajstić information content (AvgIpc) is 2.93. The van der Waals surface area contributed by atoms with Crippen LogP contribution in [0.2, 0.25) is 0 Å². The molecule has 0 aliphatic carbocycles. The van der Waals surface area contributed by atoms with Gasteiger partial charge in [0, 0.05) is 5.39 Å². The van der Waals surface area contributed by atoms with E-state index in [4.69, 9.17) is 5.11 Å². The summed E-state index contributed by atoms with van der Waals surface area (Å²) >= 11 is 1.17. The summed E-state index contributed by atoms with van der Waals surface area (Å²) in [5, 5.41) is 19.7. The van der Waals surface area contributed by atoms with E-state index in [0.717, 1.165) is 16.6 Å². The number of hydrogen-bond acceptors (Lipinski definition) is 4. The lowest BCUT2D eigenvalue weighted by atomic mass is 10.0. The highest BCUT2D eigenvalue weighted by Crippen LogP contribution is 2.30. The molecular formula is C16H15N3O2S. The van der Waals surface area contributed by atoms with E-state index in [1.54, 1.807) is 6.33 Å². The fourth-order valence-electron chi connectivity index (χ4n) is 2.53. The molecule has 22 heavy (non-hydrogen) atoms. The van der Waals surface area contributed by atoms with Crippen LogP contribution in [0, 0.1) is 13.8 Å². The van der Waals surface area contributed by atoms with Gasteiger partial charge in [-0.05, 0) is 30.4 Å². The van der Waals surface area contributed by atoms with Crippen LogP contribution in [-0.4, -0.2) is 31.6 Å². The van der Waals surface area contributed by atoms with Crippen molar-refractivity contribution in [3.8, 4) is 5.69 Å². The van der Waals surface area contributed by atoms with E-state index in [-0.39, 0.29) is 5.75 Å². The predicted octanol–water partition coefficient (Wildman–Crippen LogP) is 3.21. The molecule has 112 valence electrons. The molecule has 0 bridgehead atoms. The average molecular weight is 313 g/mol. The molecule has 5 nitrogen and oxygen atoms in total. The molecule has 3 aromatic rings. The van der Waals surface area contributed by atoms with Crippen LogP contribution in [0.4, 0.5) is 0 Å². The zero-order chi connectivity index (χ0) is 15.7. The molecule has 3 rings (SSSR count). The molecule has 0 fully saturated rings. The van der Waals surface area contributed by atoms with E-state index in [9.17, 15) is 4.79 Å². The van der Waals surface area contributed by atoms with Crippen LogP contribution in [0.15, 0.2) is 41.8 Å². The number of carbonyl (C=O) groups is 1. The van der Waals surface area contributed by atoms with Crippen molar-refractivity contribution < 1.29 is 9.90 Å². The van der Waals surface area contributed by atoms with Crippen LogP contribution in [0.25, 0.3) is 16.5 Å². The van der Waals surface area contributed by atoms with Crippen molar-refractivity contribution in [3.63, 3.8) is 0 Å². The van der Waals surface area contributed by atoms with E-state index in [2.05, 4.69) is 41.4 Å². The van der Waals surface area contributed by atoms with Crippen molar-refractivity contribution in [2.45, 2.75) is 19.0 Å². The molecule has 1 heterocycles. The summed E-state index contributed by atoms with van der Waals surface area (Å²) in [5.41, 5.74) is 3.29. The molecule has 0 radical (unpaired) electrons. The van der Waals surface area contributed by atoms with Gasteiger partial charge in [-0.25, -0.2) is 0 Å². The van der Waals surface area contributed by atoms with E-state index >= 15 is 0 Å². The number of benzene rings is 2. The van der Waals surface area contributed by atoms with Gasteiger partial charge in [-0.1, -0.05) is 42.1 Å². The first-order valence-corrected chi connectivity index (χ1v) is 7.80. The third-order valence-electron chi connectivity index (χ3n) is 3.53. The fourth-order valence-corrected chi connectivity index (χ4v) is 3.17. The minimum absolute atomic E-state index is 0.0401. The van der Waals surface area contributed by atoms with Crippen molar-refractivity contribution >= 4 is 28.5 Å². The summed E-state index contributed by atoms with van der Waals surface area (Å²) < 4.78 is 1.87. The maximum atomic E-state index is 10.8. The molecule has 1 aromatic heterocycles. The van der Waals surface area contributed by atoms with Crippen LogP contribution < -0.4 is 0 Å². The van der Waals surface area contributed by atoms with Crippen molar-refractivity contribution in [1.29, 1.82) is 0 Å². The molecule has 0 amide bonds. The summed E-state index contributed by atoms with van der Waals surface area (Å²) in [6, 6.07) is 10.3. The largest absolute Gasteiger partial charge is 0.481 e. The first kappa shape index (κ1) is 14.6. The molecule has 0 spiro atoms. The van der Waals surface area contributed by atoms with Crippen molar-refractivity contribution in [1.82, 2.24) is 14.8 Å². The molecule has 0 atom stereocenters. The van der Waals surface area contributed by atoms with Crippen molar-refractivity contribution in [2.24, 2.45) is 0 Å². The Kier molecular flexibility index (Phi) is 3.85. The number of carboxylic acid groups (broad SMARTS) is 1. The van der Waals surface area contributed by atoms with Crippen molar-refractivity contribution in [3.05, 3.63) is 47.8 Å². The summed E-state index contributed by atoms with van der Waals surface area (Å²) in [7, 11) is 0. The van der Waals surface area contributed by atoms with E-state index in [1.165, 1.54) is 22.7 Å². The molecule has 6 heteroatoms. The SMILES string of the molecule is Cc1ccc2c(C)cccc2c1-n1cnnc1SCC(=O)O. The molecular weight excluding hydrogens is 298 g/mol. The molecule has 0 unspecified atom stereocenters. The quantitative estimate of drug-likeness (QED) is 0.749. The smallest absolute Gasteiger partial charge is 0.313 e. The fraction of sp³-hybridized carbons (Fsp3) is 0.188. The number of carboxylic acids is 1. The highest BCUT2D eigenvalue weighted by atomic mass is 32.2. The Bertz CT molecular complexity index is 858. The topological polar surface area (TPSA) is 68.0 Å². The third-order valence-corrected chi connectivity index (χ3v) is 4.46. The lowest BCUT2D eigenvalue weighted by Crippen LogP contribution is -2.03. The van der Waals surface area contributed by atoms with Gasteiger partial charge in [0.25, 0.3) is 0 Å². The summed E-state index contributed by atoms with van der Waals surface area (Å²) in [6.45, 7) is 4.11. The number of rotatable bonds is 4. The summed E-state index contributed by atoms with van der Waals surface area (Å²) in [5.74, 6) is -0.910. The number of aromatic nitrogens is 3. The Hall–Kier alpha value is -2.34. The second-order valence-corrected chi connectivity index (χ2v) is 6.01. The summed E-state index contributed by atoms with van der Waals surface area (Å²) in [4.78, 5) is 10.8. The van der Waals surface area contributed by atoms with E-state index in [1.807, 2.05) is 17.6 Å². The first-order chi connectivity index (χ1) is 10.6. The van der Waals surface area contributed by atoms with Crippen LogP contribution >= 0.6 is 11.8 Å². The van der Waals surface area contributed by atoms with Gasteiger partial charge < -0.3 is 5.11 Å². The van der Waals surface area contributed by atoms with Crippen molar-refractivity contribution in [2.75, 3.05) is 5.75 Å². The Morgan fingerprint density at radius 1 is 1.18 bits per heavy atom. The van der Waals surface area contributed by atoms with Gasteiger partial charge in [0.15, 0.2) is 5.16 Å². The van der Waals surface area contributed by atoms with E-state index < -0.39 is 5.97 Å². The normalized spacial score (nSPS) is 11.0. The second-order valence-electron chi connectivity index (χ2n) is 5.07. The number of thioether (sulfide) groups is 1. The van der Waals surface area contributed by atoms with Gasteiger partial charge in [0.2, 0.25) is 0 Å². The molecule has 0 saturated carbocycles. The Balaban J connectivity index is 2.19. The lowest BCUT2D eigenvalue weighted by molar-refractivity contribution is -0.133. The Labute approximate surface area is 132 Å². The maximum absolute atomic E-state index is 10.8. The number of aliphatic carboxylic acids is 1. The van der Waals surface area contributed by atoms with Crippen LogP contribution in [0.3, 0.4) is 0 Å². The van der Waals surface area contributed by atoms with Gasteiger partial charge in [-0.2, -0.15) is 0 Å². The van der Waals surface area contributed by atoms with Gasteiger partial charge in [0.1, 0.15) is 6.33 Å². The van der Waals surface area contributed by atoms with Gasteiger partial charge in [-0.3, -0.25) is 9.36 Å². The van der Waals surface area contributed by atoms with E-state index in [0.29, 0.717) is 5.16 Å². The molecule has 1 N–H and O–H groups in total.